The number of hydrogen-bond acceptors (Lipinski definition) is 3. The monoisotopic (exact) mass is 287 g/mol. The standard InChI is InChI=1S/C17H25N3O/c1-13(2)15-5-7-17(8-6-15)20-14(3)16(12-19-20)11-18-9-10-21-4/h5-8,12-13,18H,9-11H2,1-4H3. The van der Waals surface area contributed by atoms with Crippen molar-refractivity contribution < 1.29 is 4.74 Å². The highest BCUT2D eigenvalue weighted by atomic mass is 16.5. The van der Waals surface area contributed by atoms with Crippen molar-refractivity contribution in [2.24, 2.45) is 0 Å². The lowest BCUT2D eigenvalue weighted by atomic mass is 10.0. The molecule has 0 spiro atoms. The quantitative estimate of drug-likeness (QED) is 0.796. The zero-order valence-electron chi connectivity index (χ0n) is 13.4. The van der Waals surface area contributed by atoms with Gasteiger partial charge in [0.2, 0.25) is 0 Å². The van der Waals surface area contributed by atoms with Crippen molar-refractivity contribution in [2.75, 3.05) is 20.3 Å². The number of hydrogen-bond donors (Lipinski definition) is 1. The van der Waals surface area contributed by atoms with Crippen LogP contribution in [-0.4, -0.2) is 30.0 Å². The Balaban J connectivity index is 2.08. The van der Waals surface area contributed by atoms with Crippen molar-refractivity contribution in [1.29, 1.82) is 0 Å². The van der Waals surface area contributed by atoms with E-state index in [-0.39, 0.29) is 0 Å². The van der Waals surface area contributed by atoms with Crippen molar-refractivity contribution in [1.82, 2.24) is 15.1 Å². The highest BCUT2D eigenvalue weighted by molar-refractivity contribution is 5.37. The van der Waals surface area contributed by atoms with E-state index in [1.54, 1.807) is 7.11 Å². The van der Waals surface area contributed by atoms with Gasteiger partial charge in [-0.05, 0) is 30.5 Å². The number of nitrogens with one attached hydrogen (secondary N) is 1. The van der Waals surface area contributed by atoms with E-state index >= 15 is 0 Å². The molecule has 0 saturated carbocycles. The van der Waals surface area contributed by atoms with E-state index in [1.165, 1.54) is 16.8 Å². The molecule has 114 valence electrons. The predicted molar refractivity (Wildman–Crippen MR) is 86.0 cm³/mol. The molecule has 1 aromatic carbocycles. The van der Waals surface area contributed by atoms with Crippen molar-refractivity contribution in [3.8, 4) is 5.69 Å². The maximum Gasteiger partial charge on any atom is 0.0648 e. The third-order valence-corrected chi connectivity index (χ3v) is 3.71. The van der Waals surface area contributed by atoms with Crippen LogP contribution in [0.25, 0.3) is 5.69 Å². The fourth-order valence-corrected chi connectivity index (χ4v) is 2.28. The van der Waals surface area contributed by atoms with Crippen LogP contribution in [0.5, 0.6) is 0 Å². The van der Waals surface area contributed by atoms with Gasteiger partial charge in [0.15, 0.2) is 0 Å². The molecule has 1 heterocycles. The second kappa shape index (κ2) is 7.38. The summed E-state index contributed by atoms with van der Waals surface area (Å²) in [6.07, 6.45) is 1.94. The van der Waals surface area contributed by atoms with Gasteiger partial charge in [-0.1, -0.05) is 26.0 Å². The fraction of sp³-hybridized carbons (Fsp3) is 0.471. The van der Waals surface area contributed by atoms with Crippen molar-refractivity contribution in [2.45, 2.75) is 33.2 Å². The van der Waals surface area contributed by atoms with E-state index in [0.717, 1.165) is 25.4 Å². The summed E-state index contributed by atoms with van der Waals surface area (Å²) in [6, 6.07) is 8.63. The minimum absolute atomic E-state index is 0.554. The molecule has 0 bridgehead atoms. The van der Waals surface area contributed by atoms with Gasteiger partial charge in [-0.25, -0.2) is 4.68 Å². The molecule has 0 radical (unpaired) electrons. The molecule has 21 heavy (non-hydrogen) atoms. The largest absolute Gasteiger partial charge is 0.383 e. The van der Waals surface area contributed by atoms with Crippen LogP contribution in [-0.2, 0) is 11.3 Å². The van der Waals surface area contributed by atoms with Crippen LogP contribution < -0.4 is 5.32 Å². The second-order valence-electron chi connectivity index (χ2n) is 5.58. The summed E-state index contributed by atoms with van der Waals surface area (Å²) < 4.78 is 7.03. The highest BCUT2D eigenvalue weighted by Crippen LogP contribution is 2.18. The minimum atomic E-state index is 0.554. The van der Waals surface area contributed by atoms with Gasteiger partial charge in [-0.15, -0.1) is 0 Å². The molecule has 0 amide bonds. The first-order chi connectivity index (χ1) is 10.1. The molecule has 0 unspecified atom stereocenters. The maximum absolute atomic E-state index is 5.03. The van der Waals surface area contributed by atoms with Crippen molar-refractivity contribution in [3.05, 3.63) is 47.3 Å². The van der Waals surface area contributed by atoms with E-state index < -0.39 is 0 Å². The Morgan fingerprint density at radius 3 is 2.57 bits per heavy atom. The molecule has 2 rings (SSSR count). The van der Waals surface area contributed by atoms with Gasteiger partial charge in [0.1, 0.15) is 0 Å². The Hall–Kier alpha value is -1.65. The number of benzene rings is 1. The molecule has 4 heteroatoms. The van der Waals surface area contributed by atoms with Crippen LogP contribution in [0.15, 0.2) is 30.5 Å². The van der Waals surface area contributed by atoms with Crippen LogP contribution in [0.4, 0.5) is 0 Å². The fourth-order valence-electron chi connectivity index (χ4n) is 2.28. The first-order valence-electron chi connectivity index (χ1n) is 7.47. The third-order valence-electron chi connectivity index (χ3n) is 3.71. The van der Waals surface area contributed by atoms with Gasteiger partial charge in [-0.2, -0.15) is 5.10 Å². The predicted octanol–water partition coefficient (Wildman–Crippen LogP) is 3.04. The number of rotatable bonds is 7. The SMILES string of the molecule is COCCNCc1cnn(-c2ccc(C(C)C)cc2)c1C. The van der Waals surface area contributed by atoms with Crippen LogP contribution in [0.1, 0.15) is 36.6 Å². The number of ether oxygens (including phenoxy) is 1. The molecular formula is C17H25N3O. The Morgan fingerprint density at radius 2 is 1.95 bits per heavy atom. The van der Waals surface area contributed by atoms with E-state index in [9.17, 15) is 0 Å². The molecule has 4 nitrogen and oxygen atoms in total. The van der Waals surface area contributed by atoms with Crippen LogP contribution in [0.2, 0.25) is 0 Å². The number of methoxy groups -OCH3 is 1. The third kappa shape index (κ3) is 3.93. The molecule has 1 aromatic heterocycles. The minimum Gasteiger partial charge on any atom is -0.383 e. The van der Waals surface area contributed by atoms with Crippen LogP contribution >= 0.6 is 0 Å². The Kier molecular flexibility index (Phi) is 5.53. The zero-order valence-corrected chi connectivity index (χ0v) is 13.4. The summed E-state index contributed by atoms with van der Waals surface area (Å²) in [6.45, 7) is 8.92. The molecule has 0 aliphatic carbocycles. The molecule has 0 atom stereocenters. The molecule has 1 N–H and O–H groups in total. The summed E-state index contributed by atoms with van der Waals surface area (Å²) in [4.78, 5) is 0. The first-order valence-corrected chi connectivity index (χ1v) is 7.47. The summed E-state index contributed by atoms with van der Waals surface area (Å²) in [5.74, 6) is 0.554. The Bertz CT molecular complexity index is 558. The summed E-state index contributed by atoms with van der Waals surface area (Å²) in [5.41, 5.74) is 4.86. The van der Waals surface area contributed by atoms with Gasteiger partial charge < -0.3 is 10.1 Å². The molecule has 0 fully saturated rings. The molecule has 0 aliphatic heterocycles. The van der Waals surface area contributed by atoms with Gasteiger partial charge in [0.25, 0.3) is 0 Å². The average Bonchev–Trinajstić information content (AvgIpc) is 2.85. The van der Waals surface area contributed by atoms with E-state index in [1.807, 2.05) is 10.9 Å². The van der Waals surface area contributed by atoms with E-state index in [2.05, 4.69) is 55.5 Å². The van der Waals surface area contributed by atoms with Crippen LogP contribution in [0, 0.1) is 6.92 Å². The Labute approximate surface area is 127 Å². The zero-order chi connectivity index (χ0) is 15.2. The van der Waals surface area contributed by atoms with Crippen molar-refractivity contribution >= 4 is 0 Å². The van der Waals surface area contributed by atoms with Gasteiger partial charge in [0, 0.05) is 31.5 Å². The molecule has 0 saturated heterocycles. The van der Waals surface area contributed by atoms with Crippen LogP contribution in [0.3, 0.4) is 0 Å². The smallest absolute Gasteiger partial charge is 0.0648 e. The number of aromatic nitrogens is 2. The van der Waals surface area contributed by atoms with Gasteiger partial charge >= 0.3 is 0 Å². The average molecular weight is 287 g/mol. The highest BCUT2D eigenvalue weighted by Gasteiger charge is 2.08. The lowest BCUT2D eigenvalue weighted by molar-refractivity contribution is 0.199. The summed E-state index contributed by atoms with van der Waals surface area (Å²) >= 11 is 0. The van der Waals surface area contributed by atoms with Gasteiger partial charge in [-0.3, -0.25) is 0 Å². The summed E-state index contributed by atoms with van der Waals surface area (Å²) in [5, 5.41) is 7.86. The second-order valence-corrected chi connectivity index (χ2v) is 5.58. The topological polar surface area (TPSA) is 39.1 Å². The Morgan fingerprint density at radius 1 is 1.24 bits per heavy atom. The number of nitrogens with zero attached hydrogens (tertiary/aromatic N) is 2. The molecule has 0 aliphatic rings. The lowest BCUT2D eigenvalue weighted by Gasteiger charge is -2.09. The maximum atomic E-state index is 5.03. The van der Waals surface area contributed by atoms with Crippen molar-refractivity contribution in [3.63, 3.8) is 0 Å². The van der Waals surface area contributed by atoms with E-state index in [4.69, 9.17) is 4.74 Å². The first kappa shape index (κ1) is 15.7. The summed E-state index contributed by atoms with van der Waals surface area (Å²) in [7, 11) is 1.71. The normalized spacial score (nSPS) is 11.3. The van der Waals surface area contributed by atoms with E-state index in [0.29, 0.717) is 5.92 Å². The molecular weight excluding hydrogens is 262 g/mol. The van der Waals surface area contributed by atoms with Gasteiger partial charge in [0.05, 0.1) is 18.5 Å². The molecule has 2 aromatic rings. The lowest BCUT2D eigenvalue weighted by Crippen LogP contribution is -2.18.